The Morgan fingerprint density at radius 2 is 1.41 bits per heavy atom. The zero-order valence-corrected chi connectivity index (χ0v) is 16.4. The summed E-state index contributed by atoms with van der Waals surface area (Å²) in [6.45, 7) is 7.74. The van der Waals surface area contributed by atoms with Crippen molar-refractivity contribution in [3.05, 3.63) is 53.6 Å². The Hall–Kier alpha value is -2.95. The van der Waals surface area contributed by atoms with Crippen LogP contribution in [0.1, 0.15) is 38.8 Å². The summed E-state index contributed by atoms with van der Waals surface area (Å²) in [5.41, 5.74) is 1.46. The number of hydrogen-bond acceptors (Lipinski definition) is 4. The fourth-order valence-corrected chi connectivity index (χ4v) is 2.56. The topological polar surface area (TPSA) is 65.0 Å². The van der Waals surface area contributed by atoms with E-state index in [9.17, 15) is 9.90 Å². The molecular formula is C22H26O5. The maximum atomic E-state index is 11.8. The molecule has 0 amide bonds. The number of carbonyl (C=O) groups is 1. The van der Waals surface area contributed by atoms with E-state index in [1.807, 2.05) is 33.8 Å². The molecule has 0 aliphatic rings. The van der Waals surface area contributed by atoms with Gasteiger partial charge in [-0.1, -0.05) is 12.1 Å². The van der Waals surface area contributed by atoms with Crippen molar-refractivity contribution in [1.82, 2.24) is 0 Å². The van der Waals surface area contributed by atoms with Gasteiger partial charge in [-0.15, -0.1) is 0 Å². The molecule has 0 atom stereocenters. The molecule has 0 bridgehead atoms. The average Bonchev–Trinajstić information content (AvgIpc) is 2.58. The van der Waals surface area contributed by atoms with Crippen molar-refractivity contribution in [2.75, 3.05) is 7.11 Å². The molecule has 5 heteroatoms. The summed E-state index contributed by atoms with van der Waals surface area (Å²) < 4.78 is 16.7. The first-order chi connectivity index (χ1) is 12.8. The Kier molecular flexibility index (Phi) is 6.88. The van der Waals surface area contributed by atoms with Crippen molar-refractivity contribution in [2.45, 2.75) is 39.9 Å². The van der Waals surface area contributed by atoms with Crippen LogP contribution in [0.4, 0.5) is 0 Å². The molecule has 0 aliphatic carbocycles. The summed E-state index contributed by atoms with van der Waals surface area (Å²) in [6, 6.07) is 12.3. The van der Waals surface area contributed by atoms with E-state index in [1.54, 1.807) is 49.6 Å². The molecule has 0 unspecified atom stereocenters. The second kappa shape index (κ2) is 9.12. The summed E-state index contributed by atoms with van der Waals surface area (Å²) in [4.78, 5) is 11.8. The Labute approximate surface area is 160 Å². The Morgan fingerprint density at radius 3 is 1.81 bits per heavy atom. The summed E-state index contributed by atoms with van der Waals surface area (Å²) in [6.07, 6.45) is 1.61. The van der Waals surface area contributed by atoms with Crippen LogP contribution in [0.15, 0.2) is 42.5 Å². The van der Waals surface area contributed by atoms with E-state index in [0.717, 1.165) is 0 Å². The standard InChI is InChI=1S/C22H26O5/c1-14(2)26-19-10-16(11-20(13-19)27-15(3)4)12-21(22(23)24)17-6-8-18(25-5)9-7-17/h6-15H,1-5H3,(H,23,24)/b21-12+. The number of rotatable bonds is 8. The highest BCUT2D eigenvalue weighted by Crippen LogP contribution is 2.28. The van der Waals surface area contributed by atoms with E-state index in [1.165, 1.54) is 0 Å². The Morgan fingerprint density at radius 1 is 0.889 bits per heavy atom. The second-order valence-electron chi connectivity index (χ2n) is 6.66. The van der Waals surface area contributed by atoms with Gasteiger partial charge in [0, 0.05) is 6.07 Å². The molecule has 2 aromatic rings. The third kappa shape index (κ3) is 6.06. The fourth-order valence-electron chi connectivity index (χ4n) is 2.56. The average molecular weight is 370 g/mol. The lowest BCUT2D eigenvalue weighted by molar-refractivity contribution is -0.130. The third-order valence-corrected chi connectivity index (χ3v) is 3.59. The van der Waals surface area contributed by atoms with E-state index < -0.39 is 5.97 Å². The number of methoxy groups -OCH3 is 1. The largest absolute Gasteiger partial charge is 0.497 e. The van der Waals surface area contributed by atoms with Crippen LogP contribution in [0, 0.1) is 0 Å². The maximum Gasteiger partial charge on any atom is 0.336 e. The number of carboxylic acids is 1. The maximum absolute atomic E-state index is 11.8. The molecule has 0 saturated heterocycles. The predicted molar refractivity (Wildman–Crippen MR) is 106 cm³/mol. The molecule has 0 aromatic heterocycles. The van der Waals surface area contributed by atoms with Crippen LogP contribution in [-0.4, -0.2) is 30.4 Å². The van der Waals surface area contributed by atoms with E-state index in [-0.39, 0.29) is 17.8 Å². The van der Waals surface area contributed by atoms with Gasteiger partial charge in [-0.2, -0.15) is 0 Å². The first-order valence-corrected chi connectivity index (χ1v) is 8.86. The second-order valence-corrected chi connectivity index (χ2v) is 6.66. The predicted octanol–water partition coefficient (Wildman–Crippen LogP) is 4.89. The SMILES string of the molecule is COc1ccc(/C(=C\c2cc(OC(C)C)cc(OC(C)C)c2)C(=O)O)cc1. The highest BCUT2D eigenvalue weighted by molar-refractivity contribution is 6.20. The lowest BCUT2D eigenvalue weighted by Crippen LogP contribution is -2.08. The van der Waals surface area contributed by atoms with Gasteiger partial charge in [-0.05, 0) is 69.2 Å². The quantitative estimate of drug-likeness (QED) is 0.529. The number of carboxylic acid groups (broad SMARTS) is 1. The highest BCUT2D eigenvalue weighted by Gasteiger charge is 2.12. The molecule has 0 radical (unpaired) electrons. The van der Waals surface area contributed by atoms with Gasteiger partial charge in [0.05, 0.1) is 24.9 Å². The molecule has 0 saturated carbocycles. The van der Waals surface area contributed by atoms with Gasteiger partial charge in [-0.3, -0.25) is 0 Å². The van der Waals surface area contributed by atoms with Crippen LogP contribution in [0.2, 0.25) is 0 Å². The molecule has 144 valence electrons. The monoisotopic (exact) mass is 370 g/mol. The first kappa shape index (κ1) is 20.4. The molecular weight excluding hydrogens is 344 g/mol. The number of ether oxygens (including phenoxy) is 3. The lowest BCUT2D eigenvalue weighted by atomic mass is 10.0. The van der Waals surface area contributed by atoms with Gasteiger partial charge in [0.15, 0.2) is 0 Å². The lowest BCUT2D eigenvalue weighted by Gasteiger charge is -2.15. The van der Waals surface area contributed by atoms with Crippen molar-refractivity contribution >= 4 is 17.6 Å². The molecule has 5 nitrogen and oxygen atoms in total. The summed E-state index contributed by atoms with van der Waals surface area (Å²) in [7, 11) is 1.57. The molecule has 0 spiro atoms. The zero-order chi connectivity index (χ0) is 20.0. The number of aliphatic carboxylic acids is 1. The van der Waals surface area contributed by atoms with E-state index >= 15 is 0 Å². The molecule has 1 N–H and O–H groups in total. The Bertz CT molecular complexity index is 776. The summed E-state index contributed by atoms with van der Waals surface area (Å²) in [5, 5.41) is 9.68. The minimum atomic E-state index is -1.01. The van der Waals surface area contributed by atoms with Gasteiger partial charge in [0.2, 0.25) is 0 Å². The first-order valence-electron chi connectivity index (χ1n) is 8.86. The van der Waals surface area contributed by atoms with Crippen LogP contribution in [-0.2, 0) is 4.79 Å². The Balaban J connectivity index is 2.48. The summed E-state index contributed by atoms with van der Waals surface area (Å²) >= 11 is 0. The van der Waals surface area contributed by atoms with Crippen molar-refractivity contribution < 1.29 is 24.1 Å². The van der Waals surface area contributed by atoms with E-state index in [0.29, 0.717) is 28.4 Å². The van der Waals surface area contributed by atoms with Crippen molar-refractivity contribution in [1.29, 1.82) is 0 Å². The van der Waals surface area contributed by atoms with Gasteiger partial charge >= 0.3 is 5.97 Å². The third-order valence-electron chi connectivity index (χ3n) is 3.59. The van der Waals surface area contributed by atoms with Gasteiger partial charge < -0.3 is 19.3 Å². The highest BCUT2D eigenvalue weighted by atomic mass is 16.5. The minimum absolute atomic E-state index is 0.00309. The van der Waals surface area contributed by atoms with Crippen LogP contribution >= 0.6 is 0 Å². The normalized spacial score (nSPS) is 11.6. The fraction of sp³-hybridized carbons (Fsp3) is 0.318. The zero-order valence-electron chi connectivity index (χ0n) is 16.4. The summed E-state index contributed by atoms with van der Waals surface area (Å²) in [5.74, 6) is 0.924. The van der Waals surface area contributed by atoms with Crippen LogP contribution < -0.4 is 14.2 Å². The molecule has 0 heterocycles. The van der Waals surface area contributed by atoms with E-state index in [2.05, 4.69) is 0 Å². The van der Waals surface area contributed by atoms with Crippen LogP contribution in [0.3, 0.4) is 0 Å². The molecule has 0 fully saturated rings. The van der Waals surface area contributed by atoms with Crippen LogP contribution in [0.25, 0.3) is 11.6 Å². The molecule has 2 aromatic carbocycles. The number of benzene rings is 2. The van der Waals surface area contributed by atoms with Gasteiger partial charge in [-0.25, -0.2) is 4.79 Å². The number of hydrogen-bond donors (Lipinski definition) is 1. The van der Waals surface area contributed by atoms with Crippen molar-refractivity contribution in [3.63, 3.8) is 0 Å². The minimum Gasteiger partial charge on any atom is -0.497 e. The van der Waals surface area contributed by atoms with Gasteiger partial charge in [0.25, 0.3) is 0 Å². The van der Waals surface area contributed by atoms with Crippen molar-refractivity contribution in [3.8, 4) is 17.2 Å². The van der Waals surface area contributed by atoms with Crippen molar-refractivity contribution in [2.24, 2.45) is 0 Å². The van der Waals surface area contributed by atoms with Crippen LogP contribution in [0.5, 0.6) is 17.2 Å². The van der Waals surface area contributed by atoms with E-state index in [4.69, 9.17) is 14.2 Å². The molecule has 2 rings (SSSR count). The van der Waals surface area contributed by atoms with Gasteiger partial charge in [0.1, 0.15) is 17.2 Å². The molecule has 0 aliphatic heterocycles. The molecule has 27 heavy (non-hydrogen) atoms. The smallest absolute Gasteiger partial charge is 0.336 e.